The normalized spacial score (nSPS) is 11.5. The molecule has 0 heterocycles. The highest BCUT2D eigenvalue weighted by atomic mass is 16.5. The summed E-state index contributed by atoms with van der Waals surface area (Å²) in [7, 11) is 0. The van der Waals surface area contributed by atoms with Crippen molar-refractivity contribution in [2.45, 2.75) is 84.5 Å². The molecule has 2 heteroatoms. The van der Waals surface area contributed by atoms with Gasteiger partial charge in [0.25, 0.3) is 0 Å². The predicted octanol–water partition coefficient (Wildman–Crippen LogP) is 5.97. The van der Waals surface area contributed by atoms with E-state index in [0.29, 0.717) is 6.61 Å². The van der Waals surface area contributed by atoms with Gasteiger partial charge < -0.3 is 4.74 Å². The molecule has 122 valence electrons. The Bertz CT molecular complexity index is 279. The summed E-state index contributed by atoms with van der Waals surface area (Å²) in [5.74, 6) is -0.186. The molecule has 0 aliphatic carbocycles. The SMILES string of the molecule is CCCCCCCCC=CCCC=CCCCOC(C)=O. The molecule has 0 fully saturated rings. The predicted molar refractivity (Wildman–Crippen MR) is 91.4 cm³/mol. The first-order valence-corrected chi connectivity index (χ1v) is 8.70. The van der Waals surface area contributed by atoms with Crippen LogP contribution in [0, 0.1) is 0 Å². The quantitative estimate of drug-likeness (QED) is 0.224. The largest absolute Gasteiger partial charge is 0.466 e. The third kappa shape index (κ3) is 18.9. The topological polar surface area (TPSA) is 26.3 Å². The average molecular weight is 294 g/mol. The summed E-state index contributed by atoms with van der Waals surface area (Å²) in [4.78, 5) is 10.5. The van der Waals surface area contributed by atoms with Crippen LogP contribution in [0.1, 0.15) is 84.5 Å². The fraction of sp³-hybridized carbons (Fsp3) is 0.737. The molecular formula is C19H34O2. The molecular weight excluding hydrogens is 260 g/mol. The van der Waals surface area contributed by atoms with Crippen LogP contribution in [-0.4, -0.2) is 12.6 Å². The molecule has 0 aliphatic rings. The van der Waals surface area contributed by atoms with Gasteiger partial charge in [-0.15, -0.1) is 0 Å². The van der Waals surface area contributed by atoms with Gasteiger partial charge in [-0.2, -0.15) is 0 Å². The summed E-state index contributed by atoms with van der Waals surface area (Å²) in [5.41, 5.74) is 0. The van der Waals surface area contributed by atoms with Gasteiger partial charge >= 0.3 is 5.97 Å². The van der Waals surface area contributed by atoms with Crippen LogP contribution in [0.4, 0.5) is 0 Å². The Morgan fingerprint density at radius 3 is 1.90 bits per heavy atom. The Labute approximate surface area is 131 Å². The Balaban J connectivity index is 3.19. The number of carbonyl (C=O) groups is 1. The van der Waals surface area contributed by atoms with Crippen molar-refractivity contribution in [1.29, 1.82) is 0 Å². The number of allylic oxidation sites excluding steroid dienone is 4. The lowest BCUT2D eigenvalue weighted by Gasteiger charge is -1.98. The van der Waals surface area contributed by atoms with E-state index in [1.54, 1.807) is 0 Å². The van der Waals surface area contributed by atoms with Crippen molar-refractivity contribution in [3.8, 4) is 0 Å². The number of carbonyl (C=O) groups excluding carboxylic acids is 1. The third-order valence-corrected chi connectivity index (χ3v) is 3.38. The molecule has 0 amide bonds. The zero-order valence-electron chi connectivity index (χ0n) is 14.1. The molecule has 0 N–H and O–H groups in total. The van der Waals surface area contributed by atoms with E-state index in [4.69, 9.17) is 4.74 Å². The Hall–Kier alpha value is -1.05. The second-order valence-corrected chi connectivity index (χ2v) is 5.56. The van der Waals surface area contributed by atoms with Crippen molar-refractivity contribution < 1.29 is 9.53 Å². The van der Waals surface area contributed by atoms with E-state index in [9.17, 15) is 4.79 Å². The van der Waals surface area contributed by atoms with Crippen LogP contribution >= 0.6 is 0 Å². The number of rotatable bonds is 14. The minimum absolute atomic E-state index is 0.186. The number of ether oxygens (including phenoxy) is 1. The van der Waals surface area contributed by atoms with Gasteiger partial charge in [0.05, 0.1) is 6.61 Å². The minimum Gasteiger partial charge on any atom is -0.466 e. The molecule has 0 aromatic carbocycles. The van der Waals surface area contributed by atoms with Crippen LogP contribution in [0.3, 0.4) is 0 Å². The van der Waals surface area contributed by atoms with Crippen LogP contribution in [0.2, 0.25) is 0 Å². The molecule has 21 heavy (non-hydrogen) atoms. The molecule has 0 radical (unpaired) electrons. The van der Waals surface area contributed by atoms with E-state index >= 15 is 0 Å². The van der Waals surface area contributed by atoms with Gasteiger partial charge in [0.15, 0.2) is 0 Å². The first-order valence-electron chi connectivity index (χ1n) is 8.70. The van der Waals surface area contributed by atoms with Gasteiger partial charge in [0, 0.05) is 6.92 Å². The van der Waals surface area contributed by atoms with Gasteiger partial charge in [-0.05, 0) is 38.5 Å². The maximum absolute atomic E-state index is 10.5. The number of hydrogen-bond donors (Lipinski definition) is 0. The molecule has 0 saturated carbocycles. The van der Waals surface area contributed by atoms with Crippen molar-refractivity contribution in [2.24, 2.45) is 0 Å². The molecule has 0 spiro atoms. The maximum Gasteiger partial charge on any atom is 0.302 e. The summed E-state index contributed by atoms with van der Waals surface area (Å²) < 4.78 is 4.87. The number of hydrogen-bond acceptors (Lipinski definition) is 2. The zero-order chi connectivity index (χ0) is 15.6. The number of esters is 1. The molecule has 0 rings (SSSR count). The van der Waals surface area contributed by atoms with Crippen LogP contribution in [0.15, 0.2) is 24.3 Å². The second kappa shape index (κ2) is 17.0. The summed E-state index contributed by atoms with van der Waals surface area (Å²) in [6, 6.07) is 0. The monoisotopic (exact) mass is 294 g/mol. The molecule has 0 atom stereocenters. The van der Waals surface area contributed by atoms with Gasteiger partial charge in [0.2, 0.25) is 0 Å². The standard InChI is InChI=1S/C19H34O2/c1-3-4-5-6-7-8-9-10-11-12-13-14-15-16-17-18-21-19(2)20/h10-11,14-15H,3-9,12-13,16-18H2,1-2H3. The maximum atomic E-state index is 10.5. The molecule has 0 aromatic rings. The molecule has 2 nitrogen and oxygen atoms in total. The fourth-order valence-electron chi connectivity index (χ4n) is 2.12. The highest BCUT2D eigenvalue weighted by molar-refractivity contribution is 5.65. The van der Waals surface area contributed by atoms with E-state index in [-0.39, 0.29) is 5.97 Å². The van der Waals surface area contributed by atoms with Crippen molar-refractivity contribution in [3.05, 3.63) is 24.3 Å². The summed E-state index contributed by atoms with van der Waals surface area (Å²) in [6.07, 6.45) is 22.7. The summed E-state index contributed by atoms with van der Waals surface area (Å²) in [5, 5.41) is 0. The fourth-order valence-corrected chi connectivity index (χ4v) is 2.12. The first kappa shape index (κ1) is 19.9. The van der Waals surface area contributed by atoms with Crippen LogP contribution in [0.5, 0.6) is 0 Å². The van der Waals surface area contributed by atoms with Crippen LogP contribution in [0.25, 0.3) is 0 Å². The molecule has 0 bridgehead atoms. The molecule has 0 saturated heterocycles. The van der Waals surface area contributed by atoms with E-state index in [2.05, 4.69) is 31.2 Å². The average Bonchev–Trinajstić information content (AvgIpc) is 2.46. The van der Waals surface area contributed by atoms with E-state index in [1.807, 2.05) is 0 Å². The number of unbranched alkanes of at least 4 members (excludes halogenated alkanes) is 8. The Kier molecular flexibility index (Phi) is 16.2. The summed E-state index contributed by atoms with van der Waals surface area (Å²) >= 11 is 0. The van der Waals surface area contributed by atoms with Gasteiger partial charge in [-0.3, -0.25) is 4.79 Å². The van der Waals surface area contributed by atoms with Crippen molar-refractivity contribution >= 4 is 5.97 Å². The lowest BCUT2D eigenvalue weighted by Crippen LogP contribution is -1.99. The lowest BCUT2D eigenvalue weighted by atomic mass is 10.1. The highest BCUT2D eigenvalue weighted by Gasteiger charge is 1.90. The minimum atomic E-state index is -0.186. The smallest absolute Gasteiger partial charge is 0.302 e. The van der Waals surface area contributed by atoms with Crippen molar-refractivity contribution in [3.63, 3.8) is 0 Å². The summed E-state index contributed by atoms with van der Waals surface area (Å²) in [6.45, 7) is 4.25. The lowest BCUT2D eigenvalue weighted by molar-refractivity contribution is -0.141. The van der Waals surface area contributed by atoms with Gasteiger partial charge in [-0.25, -0.2) is 0 Å². The van der Waals surface area contributed by atoms with Crippen LogP contribution in [-0.2, 0) is 9.53 Å². The second-order valence-electron chi connectivity index (χ2n) is 5.56. The van der Waals surface area contributed by atoms with E-state index in [1.165, 1.54) is 51.9 Å². The Morgan fingerprint density at radius 1 is 0.762 bits per heavy atom. The van der Waals surface area contributed by atoms with E-state index in [0.717, 1.165) is 25.7 Å². The van der Waals surface area contributed by atoms with Gasteiger partial charge in [-0.1, -0.05) is 63.3 Å². The Morgan fingerprint density at radius 2 is 1.29 bits per heavy atom. The van der Waals surface area contributed by atoms with Crippen molar-refractivity contribution in [1.82, 2.24) is 0 Å². The molecule has 0 aliphatic heterocycles. The van der Waals surface area contributed by atoms with Gasteiger partial charge in [0.1, 0.15) is 0 Å². The first-order chi connectivity index (χ1) is 10.3. The zero-order valence-corrected chi connectivity index (χ0v) is 14.1. The van der Waals surface area contributed by atoms with Crippen LogP contribution < -0.4 is 0 Å². The third-order valence-electron chi connectivity index (χ3n) is 3.38. The highest BCUT2D eigenvalue weighted by Crippen LogP contribution is 2.07. The van der Waals surface area contributed by atoms with E-state index < -0.39 is 0 Å². The molecule has 0 aromatic heterocycles. The van der Waals surface area contributed by atoms with Crippen molar-refractivity contribution in [2.75, 3.05) is 6.61 Å². The molecule has 0 unspecified atom stereocenters.